The highest BCUT2D eigenvalue weighted by Gasteiger charge is 2.48. The van der Waals surface area contributed by atoms with Crippen molar-refractivity contribution in [2.24, 2.45) is 11.8 Å². The molecule has 5 nitrogen and oxygen atoms in total. The number of unbranched alkanes of at least 4 members (excludes halogenated alkanes) is 1. The normalized spacial score (nSPS) is 28.6. The first-order valence-corrected chi connectivity index (χ1v) is 12.6. The van der Waals surface area contributed by atoms with Gasteiger partial charge in [0, 0.05) is 43.3 Å². The molecular formula is C28H39NO4. The first-order valence-electron chi connectivity index (χ1n) is 12.6. The van der Waals surface area contributed by atoms with Crippen molar-refractivity contribution in [1.29, 1.82) is 0 Å². The van der Waals surface area contributed by atoms with Gasteiger partial charge in [-0.15, -0.1) is 11.8 Å². The average Bonchev–Trinajstić information content (AvgIpc) is 3.34. The van der Waals surface area contributed by atoms with Crippen molar-refractivity contribution >= 4 is 0 Å². The smallest absolute Gasteiger partial charge is 0.126 e. The number of aliphatic hydroxyl groups excluding tert-OH is 2. The molecule has 0 radical (unpaired) electrons. The van der Waals surface area contributed by atoms with Gasteiger partial charge in [0.2, 0.25) is 0 Å². The third kappa shape index (κ3) is 5.81. The molecule has 1 saturated carbocycles. The fourth-order valence-corrected chi connectivity index (χ4v) is 5.46. The Hall–Kier alpha value is -1.84. The SMILES string of the molecule is CC#CCC(C)[C@H](O)C=C[C@@H]1[C@H]2c3cccc(CCCCN4CCOCC4)c3O[C@H]2C[C@H]1O. The van der Waals surface area contributed by atoms with Crippen LogP contribution in [0.4, 0.5) is 0 Å². The average molecular weight is 454 g/mol. The highest BCUT2D eigenvalue weighted by atomic mass is 16.5. The van der Waals surface area contributed by atoms with Crippen LogP contribution in [0.2, 0.25) is 0 Å². The van der Waals surface area contributed by atoms with Crippen LogP contribution in [0, 0.1) is 23.7 Å². The number of nitrogens with zero attached hydrogens (tertiary/aromatic N) is 1. The summed E-state index contributed by atoms with van der Waals surface area (Å²) < 4.78 is 11.9. The van der Waals surface area contributed by atoms with E-state index in [2.05, 4.69) is 34.9 Å². The van der Waals surface area contributed by atoms with Crippen molar-refractivity contribution in [2.75, 3.05) is 32.8 Å². The van der Waals surface area contributed by atoms with Gasteiger partial charge in [0.15, 0.2) is 0 Å². The van der Waals surface area contributed by atoms with E-state index < -0.39 is 12.2 Å². The second-order valence-electron chi connectivity index (χ2n) is 9.79. The lowest BCUT2D eigenvalue weighted by atomic mass is 9.86. The Kier molecular flexibility index (Phi) is 8.49. The minimum absolute atomic E-state index is 0.0136. The van der Waals surface area contributed by atoms with Gasteiger partial charge >= 0.3 is 0 Å². The lowest BCUT2D eigenvalue weighted by Gasteiger charge is -2.26. The van der Waals surface area contributed by atoms with Crippen molar-refractivity contribution < 1.29 is 19.7 Å². The fourth-order valence-electron chi connectivity index (χ4n) is 5.46. The van der Waals surface area contributed by atoms with Crippen molar-refractivity contribution in [3.63, 3.8) is 0 Å². The summed E-state index contributed by atoms with van der Waals surface area (Å²) in [4.78, 5) is 2.49. The number of aliphatic hydroxyl groups is 2. The number of fused-ring (bicyclic) bond motifs is 3. The Labute approximate surface area is 198 Å². The molecule has 1 aliphatic carbocycles. The largest absolute Gasteiger partial charge is 0.489 e. The second-order valence-corrected chi connectivity index (χ2v) is 9.79. The quantitative estimate of drug-likeness (QED) is 0.340. The Bertz CT molecular complexity index is 866. The van der Waals surface area contributed by atoms with E-state index in [9.17, 15) is 10.2 Å². The third-order valence-corrected chi connectivity index (χ3v) is 7.48. The van der Waals surface area contributed by atoms with Gasteiger partial charge in [-0.2, -0.15) is 0 Å². The van der Waals surface area contributed by atoms with Gasteiger partial charge in [0.1, 0.15) is 11.9 Å². The molecule has 2 fully saturated rings. The molecule has 180 valence electrons. The number of hydrogen-bond acceptors (Lipinski definition) is 5. The molecule has 3 aliphatic rings. The van der Waals surface area contributed by atoms with Gasteiger partial charge in [0.25, 0.3) is 0 Å². The van der Waals surface area contributed by atoms with Crippen LogP contribution in [0.5, 0.6) is 5.75 Å². The molecule has 0 bridgehead atoms. The zero-order valence-electron chi connectivity index (χ0n) is 20.1. The lowest BCUT2D eigenvalue weighted by molar-refractivity contribution is 0.0372. The standard InChI is InChI=1S/C28H39NO4/c1-3-4-8-20(2)24(30)13-12-22-25(31)19-26-27(22)23-11-7-10-21(28(23)33-26)9-5-6-14-29-15-17-32-18-16-29/h7,10-13,20,22,24-27,30-31H,5-6,8-9,14-19H2,1-2H3/t20?,22-,24+,25+,26-,27-/m0/s1. The summed E-state index contributed by atoms with van der Waals surface area (Å²) in [7, 11) is 0. The maximum Gasteiger partial charge on any atom is 0.126 e. The van der Waals surface area contributed by atoms with Gasteiger partial charge in [0.05, 0.1) is 25.4 Å². The molecule has 1 saturated heterocycles. The van der Waals surface area contributed by atoms with E-state index in [1.54, 1.807) is 0 Å². The van der Waals surface area contributed by atoms with Gasteiger partial charge < -0.3 is 19.7 Å². The minimum Gasteiger partial charge on any atom is -0.489 e. The van der Waals surface area contributed by atoms with E-state index in [0.717, 1.165) is 51.4 Å². The van der Waals surface area contributed by atoms with E-state index in [1.165, 1.54) is 17.5 Å². The van der Waals surface area contributed by atoms with E-state index >= 15 is 0 Å². The molecule has 0 amide bonds. The second kappa shape index (κ2) is 11.5. The number of aryl methyl sites for hydroxylation is 1. The van der Waals surface area contributed by atoms with Crippen molar-refractivity contribution in [3.05, 3.63) is 41.5 Å². The summed E-state index contributed by atoms with van der Waals surface area (Å²) in [6.45, 7) is 8.76. The molecule has 1 unspecified atom stereocenters. The molecule has 2 heterocycles. The van der Waals surface area contributed by atoms with Crippen molar-refractivity contribution in [3.8, 4) is 17.6 Å². The molecule has 2 N–H and O–H groups in total. The van der Waals surface area contributed by atoms with Crippen LogP contribution >= 0.6 is 0 Å². The van der Waals surface area contributed by atoms with Crippen LogP contribution in [0.1, 0.15) is 56.6 Å². The summed E-state index contributed by atoms with van der Waals surface area (Å²) in [5.74, 6) is 7.15. The van der Waals surface area contributed by atoms with Crippen LogP contribution in [-0.2, 0) is 11.2 Å². The number of benzene rings is 1. The van der Waals surface area contributed by atoms with Gasteiger partial charge in [-0.1, -0.05) is 37.3 Å². The predicted molar refractivity (Wildman–Crippen MR) is 130 cm³/mol. The number of hydrogen-bond donors (Lipinski definition) is 2. The lowest BCUT2D eigenvalue weighted by Crippen LogP contribution is -2.36. The molecule has 1 aromatic carbocycles. The van der Waals surface area contributed by atoms with E-state index in [4.69, 9.17) is 9.47 Å². The molecule has 1 aromatic rings. The van der Waals surface area contributed by atoms with E-state index in [1.807, 2.05) is 26.0 Å². The van der Waals surface area contributed by atoms with Crippen LogP contribution in [-0.4, -0.2) is 66.3 Å². The van der Waals surface area contributed by atoms with E-state index in [-0.39, 0.29) is 23.9 Å². The molecule has 0 aromatic heterocycles. The van der Waals surface area contributed by atoms with Gasteiger partial charge in [-0.25, -0.2) is 0 Å². The third-order valence-electron chi connectivity index (χ3n) is 7.48. The molecule has 4 rings (SSSR count). The summed E-state index contributed by atoms with van der Waals surface area (Å²) in [5, 5.41) is 21.2. The first-order chi connectivity index (χ1) is 16.1. The summed E-state index contributed by atoms with van der Waals surface area (Å²) >= 11 is 0. The van der Waals surface area contributed by atoms with Gasteiger partial charge in [-0.05, 0) is 44.2 Å². The van der Waals surface area contributed by atoms with Crippen LogP contribution < -0.4 is 4.74 Å². The molecule has 33 heavy (non-hydrogen) atoms. The molecule has 5 heteroatoms. The van der Waals surface area contributed by atoms with Crippen molar-refractivity contribution in [1.82, 2.24) is 4.90 Å². The topological polar surface area (TPSA) is 62.2 Å². The summed E-state index contributed by atoms with van der Waals surface area (Å²) in [5.41, 5.74) is 2.50. The number of rotatable bonds is 9. The Morgan fingerprint density at radius 3 is 2.85 bits per heavy atom. The minimum atomic E-state index is -0.559. The maximum atomic E-state index is 10.7. The maximum absolute atomic E-state index is 10.7. The van der Waals surface area contributed by atoms with Gasteiger partial charge in [-0.3, -0.25) is 4.90 Å². The molecule has 2 aliphatic heterocycles. The van der Waals surface area contributed by atoms with Crippen LogP contribution in [0.15, 0.2) is 30.4 Å². The zero-order valence-corrected chi connectivity index (χ0v) is 20.1. The number of para-hydroxylation sites is 1. The van der Waals surface area contributed by atoms with Crippen molar-refractivity contribution in [2.45, 2.75) is 70.2 Å². The Morgan fingerprint density at radius 2 is 2.06 bits per heavy atom. The van der Waals surface area contributed by atoms with E-state index in [0.29, 0.717) is 12.8 Å². The highest BCUT2D eigenvalue weighted by molar-refractivity contribution is 5.49. The molecular weight excluding hydrogens is 414 g/mol. The van der Waals surface area contributed by atoms with Crippen LogP contribution in [0.3, 0.4) is 0 Å². The number of morpholine rings is 1. The molecule has 0 spiro atoms. The Morgan fingerprint density at radius 1 is 1.24 bits per heavy atom. The molecule has 6 atom stereocenters. The van der Waals surface area contributed by atoms with Crippen LogP contribution in [0.25, 0.3) is 0 Å². The zero-order chi connectivity index (χ0) is 23.2. The predicted octanol–water partition coefficient (Wildman–Crippen LogP) is 3.53. The fraction of sp³-hybridized carbons (Fsp3) is 0.643. The first kappa shape index (κ1) is 24.3. The number of ether oxygens (including phenoxy) is 2. The summed E-state index contributed by atoms with van der Waals surface area (Å²) in [6.07, 6.45) is 7.53. The summed E-state index contributed by atoms with van der Waals surface area (Å²) in [6, 6.07) is 6.48. The monoisotopic (exact) mass is 453 g/mol. The highest BCUT2D eigenvalue weighted by Crippen LogP contribution is 2.52. The Balaban J connectivity index is 1.38.